The number of benzene rings is 1. The summed E-state index contributed by atoms with van der Waals surface area (Å²) in [5.41, 5.74) is 3.29. The molecule has 21 heavy (non-hydrogen) atoms. The van der Waals surface area contributed by atoms with E-state index in [-0.39, 0.29) is 5.91 Å². The van der Waals surface area contributed by atoms with E-state index in [2.05, 4.69) is 10.5 Å². The Kier molecular flexibility index (Phi) is 5.34. The molecular weight excluding hydrogens is 288 g/mol. The van der Waals surface area contributed by atoms with Crippen LogP contribution in [0.5, 0.6) is 11.5 Å². The van der Waals surface area contributed by atoms with Crippen molar-refractivity contribution in [2.75, 3.05) is 13.7 Å². The molecule has 0 unspecified atom stereocenters. The molecule has 0 aliphatic carbocycles. The standard InChI is InChI=1S/C15H16N2O3S/c1-3-20-12-7-6-11(9-13(12)19-2)10-16-17-15(18)14-5-4-8-21-14/h4-10H,3H2,1-2H3,(H,17,18)/b16-10-. The molecule has 2 rings (SSSR count). The van der Waals surface area contributed by atoms with Gasteiger partial charge < -0.3 is 9.47 Å². The average Bonchev–Trinajstić information content (AvgIpc) is 3.03. The van der Waals surface area contributed by atoms with Gasteiger partial charge in [0.2, 0.25) is 0 Å². The zero-order valence-electron chi connectivity index (χ0n) is 11.8. The van der Waals surface area contributed by atoms with Crippen molar-refractivity contribution in [1.29, 1.82) is 0 Å². The minimum absolute atomic E-state index is 0.223. The van der Waals surface area contributed by atoms with Crippen LogP contribution in [-0.4, -0.2) is 25.8 Å². The highest BCUT2D eigenvalue weighted by atomic mass is 32.1. The zero-order valence-corrected chi connectivity index (χ0v) is 12.6. The predicted molar refractivity (Wildman–Crippen MR) is 83.5 cm³/mol. The summed E-state index contributed by atoms with van der Waals surface area (Å²) in [6.07, 6.45) is 1.56. The summed E-state index contributed by atoms with van der Waals surface area (Å²) in [7, 11) is 1.58. The summed E-state index contributed by atoms with van der Waals surface area (Å²) < 4.78 is 10.7. The van der Waals surface area contributed by atoms with Crippen LogP contribution in [-0.2, 0) is 0 Å². The molecule has 1 aromatic heterocycles. The van der Waals surface area contributed by atoms with Crippen LogP contribution in [0.2, 0.25) is 0 Å². The molecule has 6 heteroatoms. The molecule has 0 saturated carbocycles. The molecule has 0 aliphatic heterocycles. The Morgan fingerprint density at radius 1 is 1.38 bits per heavy atom. The Labute approximate surface area is 127 Å². The number of rotatable bonds is 6. The molecule has 2 aromatic rings. The fourth-order valence-electron chi connectivity index (χ4n) is 1.67. The van der Waals surface area contributed by atoms with Gasteiger partial charge in [0.05, 0.1) is 24.8 Å². The second kappa shape index (κ2) is 7.44. The highest BCUT2D eigenvalue weighted by Crippen LogP contribution is 2.27. The topological polar surface area (TPSA) is 59.9 Å². The number of hydrazone groups is 1. The zero-order chi connectivity index (χ0) is 15.1. The second-order valence-corrected chi connectivity index (χ2v) is 4.97. The lowest BCUT2D eigenvalue weighted by Crippen LogP contribution is -2.16. The first-order chi connectivity index (χ1) is 10.2. The number of carbonyl (C=O) groups is 1. The first-order valence-electron chi connectivity index (χ1n) is 6.42. The van der Waals surface area contributed by atoms with Crippen molar-refractivity contribution in [1.82, 2.24) is 5.43 Å². The number of nitrogens with one attached hydrogen (secondary N) is 1. The van der Waals surface area contributed by atoms with Crippen molar-refractivity contribution in [3.8, 4) is 11.5 Å². The van der Waals surface area contributed by atoms with Gasteiger partial charge >= 0.3 is 0 Å². The van der Waals surface area contributed by atoms with Crippen LogP contribution in [0.3, 0.4) is 0 Å². The molecule has 1 heterocycles. The maximum Gasteiger partial charge on any atom is 0.281 e. The molecule has 0 radical (unpaired) electrons. The van der Waals surface area contributed by atoms with Crippen LogP contribution < -0.4 is 14.9 Å². The third-order valence-electron chi connectivity index (χ3n) is 2.61. The summed E-state index contributed by atoms with van der Waals surface area (Å²) in [5.74, 6) is 1.09. The summed E-state index contributed by atoms with van der Waals surface area (Å²) in [6, 6.07) is 9.01. The van der Waals surface area contributed by atoms with Gasteiger partial charge in [0.25, 0.3) is 5.91 Å². The van der Waals surface area contributed by atoms with Gasteiger partial charge in [-0.3, -0.25) is 4.79 Å². The number of hydrogen-bond acceptors (Lipinski definition) is 5. The number of hydrogen-bond donors (Lipinski definition) is 1. The van der Waals surface area contributed by atoms with Crippen molar-refractivity contribution in [2.24, 2.45) is 5.10 Å². The van der Waals surface area contributed by atoms with Crippen molar-refractivity contribution in [3.63, 3.8) is 0 Å². The van der Waals surface area contributed by atoms with Gasteiger partial charge in [0.1, 0.15) is 0 Å². The lowest BCUT2D eigenvalue weighted by atomic mass is 10.2. The molecule has 0 spiro atoms. The molecule has 0 atom stereocenters. The quantitative estimate of drug-likeness (QED) is 0.659. The molecule has 1 N–H and O–H groups in total. The second-order valence-electron chi connectivity index (χ2n) is 4.02. The Balaban J connectivity index is 2.02. The first-order valence-corrected chi connectivity index (χ1v) is 7.30. The maximum atomic E-state index is 11.7. The number of amides is 1. The first kappa shape index (κ1) is 15.1. The summed E-state index contributed by atoms with van der Waals surface area (Å²) in [5, 5.41) is 5.78. The lowest BCUT2D eigenvalue weighted by molar-refractivity contribution is 0.0959. The van der Waals surface area contributed by atoms with Crippen LogP contribution in [0.1, 0.15) is 22.2 Å². The van der Waals surface area contributed by atoms with E-state index in [0.717, 1.165) is 5.56 Å². The van der Waals surface area contributed by atoms with E-state index in [1.807, 2.05) is 30.5 Å². The molecule has 0 bridgehead atoms. The molecular formula is C15H16N2O3S. The minimum Gasteiger partial charge on any atom is -0.493 e. The van der Waals surface area contributed by atoms with Crippen LogP contribution in [0.4, 0.5) is 0 Å². The summed E-state index contributed by atoms with van der Waals surface area (Å²) >= 11 is 1.37. The molecule has 1 aromatic carbocycles. The third kappa shape index (κ3) is 4.06. The number of methoxy groups -OCH3 is 1. The normalized spacial score (nSPS) is 10.6. The Hall–Kier alpha value is -2.34. The highest BCUT2D eigenvalue weighted by Gasteiger charge is 2.05. The molecule has 0 saturated heterocycles. The number of ether oxygens (including phenoxy) is 2. The van der Waals surface area contributed by atoms with Crippen LogP contribution in [0, 0.1) is 0 Å². The van der Waals surface area contributed by atoms with Gasteiger partial charge in [-0.05, 0) is 42.1 Å². The van der Waals surface area contributed by atoms with Gasteiger partial charge in [-0.1, -0.05) is 6.07 Å². The van der Waals surface area contributed by atoms with Crippen LogP contribution >= 0.6 is 11.3 Å². The van der Waals surface area contributed by atoms with Gasteiger partial charge in [0, 0.05) is 0 Å². The van der Waals surface area contributed by atoms with E-state index in [1.165, 1.54) is 11.3 Å². The molecule has 5 nitrogen and oxygen atoms in total. The monoisotopic (exact) mass is 304 g/mol. The van der Waals surface area contributed by atoms with Gasteiger partial charge in [-0.25, -0.2) is 5.43 Å². The van der Waals surface area contributed by atoms with Crippen LogP contribution in [0.15, 0.2) is 40.8 Å². The average molecular weight is 304 g/mol. The summed E-state index contributed by atoms with van der Waals surface area (Å²) in [6.45, 7) is 2.48. The molecule has 1 amide bonds. The van der Waals surface area contributed by atoms with Gasteiger partial charge in [-0.15, -0.1) is 11.3 Å². The van der Waals surface area contributed by atoms with Crippen molar-refractivity contribution in [2.45, 2.75) is 6.92 Å². The Bertz CT molecular complexity index is 624. The summed E-state index contributed by atoms with van der Waals surface area (Å²) in [4.78, 5) is 12.3. The predicted octanol–water partition coefficient (Wildman–Crippen LogP) is 2.92. The van der Waals surface area contributed by atoms with E-state index in [9.17, 15) is 4.79 Å². The van der Waals surface area contributed by atoms with Crippen molar-refractivity contribution >= 4 is 23.5 Å². The number of carbonyl (C=O) groups excluding carboxylic acids is 1. The highest BCUT2D eigenvalue weighted by molar-refractivity contribution is 7.12. The lowest BCUT2D eigenvalue weighted by Gasteiger charge is -2.09. The smallest absolute Gasteiger partial charge is 0.281 e. The van der Waals surface area contributed by atoms with E-state index in [0.29, 0.717) is 23.0 Å². The molecule has 0 fully saturated rings. The van der Waals surface area contributed by atoms with Crippen molar-refractivity contribution < 1.29 is 14.3 Å². The van der Waals surface area contributed by atoms with E-state index >= 15 is 0 Å². The number of nitrogens with zero attached hydrogens (tertiary/aromatic N) is 1. The molecule has 0 aliphatic rings. The fraction of sp³-hybridized carbons (Fsp3) is 0.200. The minimum atomic E-state index is -0.223. The largest absolute Gasteiger partial charge is 0.493 e. The fourth-order valence-corrected chi connectivity index (χ4v) is 2.28. The number of thiophene rings is 1. The van der Waals surface area contributed by atoms with Gasteiger partial charge in [-0.2, -0.15) is 5.10 Å². The van der Waals surface area contributed by atoms with E-state index < -0.39 is 0 Å². The Morgan fingerprint density at radius 2 is 2.24 bits per heavy atom. The SMILES string of the molecule is CCOc1ccc(/C=N\NC(=O)c2cccs2)cc1OC. The maximum absolute atomic E-state index is 11.7. The van der Waals surface area contributed by atoms with Crippen LogP contribution in [0.25, 0.3) is 0 Å². The third-order valence-corrected chi connectivity index (χ3v) is 3.48. The van der Waals surface area contributed by atoms with Crippen molar-refractivity contribution in [3.05, 3.63) is 46.2 Å². The van der Waals surface area contributed by atoms with E-state index in [4.69, 9.17) is 9.47 Å². The Morgan fingerprint density at radius 3 is 2.90 bits per heavy atom. The molecule has 110 valence electrons. The van der Waals surface area contributed by atoms with E-state index in [1.54, 1.807) is 25.5 Å². The van der Waals surface area contributed by atoms with Gasteiger partial charge in [0.15, 0.2) is 11.5 Å².